The van der Waals surface area contributed by atoms with Gasteiger partial charge in [0.25, 0.3) is 0 Å². The molecular formula is C33H45BrN4O3S. The number of esters is 1. The molecule has 7 nitrogen and oxygen atoms in total. The summed E-state index contributed by atoms with van der Waals surface area (Å²) in [5, 5.41) is 9.22. The monoisotopic (exact) mass is 656 g/mol. The van der Waals surface area contributed by atoms with Gasteiger partial charge in [-0.15, -0.1) is 0 Å². The Morgan fingerprint density at radius 3 is 2.67 bits per heavy atom. The molecule has 0 spiro atoms. The van der Waals surface area contributed by atoms with Crippen LogP contribution in [-0.4, -0.2) is 35.9 Å². The van der Waals surface area contributed by atoms with Gasteiger partial charge < -0.3 is 4.74 Å². The van der Waals surface area contributed by atoms with Gasteiger partial charge in [0.15, 0.2) is 0 Å². The van der Waals surface area contributed by atoms with Crippen LogP contribution >= 0.6 is 28.1 Å². The number of thiocarbonyl (C=S) groups is 1. The smallest absolute Gasteiger partial charge is 0.305 e. The van der Waals surface area contributed by atoms with Gasteiger partial charge in [-0.1, -0.05) is 54.9 Å². The maximum absolute atomic E-state index is 13.9. The van der Waals surface area contributed by atoms with Gasteiger partial charge in [-0.3, -0.25) is 20.4 Å². The highest BCUT2D eigenvalue weighted by molar-refractivity contribution is 9.10. The van der Waals surface area contributed by atoms with Crippen LogP contribution in [0.5, 0.6) is 0 Å². The Morgan fingerprint density at radius 2 is 1.90 bits per heavy atom. The summed E-state index contributed by atoms with van der Waals surface area (Å²) in [6.45, 7) is 7.22. The van der Waals surface area contributed by atoms with E-state index >= 15 is 0 Å². The lowest BCUT2D eigenvalue weighted by Gasteiger charge is -2.60. The summed E-state index contributed by atoms with van der Waals surface area (Å²) in [5.41, 5.74) is 8.20. The largest absolute Gasteiger partial charge is 0.469 e. The molecule has 4 saturated carbocycles. The molecule has 4 fully saturated rings. The van der Waals surface area contributed by atoms with Crippen LogP contribution in [0.2, 0.25) is 0 Å². The fourth-order valence-corrected chi connectivity index (χ4v) is 9.84. The van der Waals surface area contributed by atoms with E-state index in [1.54, 1.807) is 6.21 Å². The number of ether oxygens (including phenoxy) is 1. The summed E-state index contributed by atoms with van der Waals surface area (Å²) in [6, 6.07) is 7.84. The molecule has 1 aromatic carbocycles. The van der Waals surface area contributed by atoms with Crippen molar-refractivity contribution in [1.29, 1.82) is 0 Å². The van der Waals surface area contributed by atoms with E-state index in [4.69, 9.17) is 17.0 Å². The van der Waals surface area contributed by atoms with Crippen LogP contribution in [0.4, 0.5) is 0 Å². The molecule has 228 valence electrons. The quantitative estimate of drug-likeness (QED) is 0.142. The standard InChI is InChI=1S/C33H45BrN4O3S/c1-20(9-12-29(40)41-4)24-10-11-25-30-26(14-16-33(24,25)3)32(2)15-13-23(17-22(32)18-28(30)39)36-38-31(42)37-35-19-21-7-5-6-8-27(21)34/h5-8,19-20,22,24-26,30H,9-18H2,1-4H3,(H2,37,38,42)/b35-19+,36-23+/t20-,22+,24-,25+,26+,30+,32+,33-/m1/s1. The Kier molecular flexibility index (Phi) is 9.57. The van der Waals surface area contributed by atoms with Crippen LogP contribution in [-0.2, 0) is 14.3 Å². The van der Waals surface area contributed by atoms with Crippen molar-refractivity contribution in [2.75, 3.05) is 7.11 Å². The lowest BCUT2D eigenvalue weighted by molar-refractivity contribution is -0.153. The number of nitrogens with one attached hydrogen (secondary N) is 2. The molecule has 0 unspecified atom stereocenters. The Hall–Kier alpha value is -2.13. The predicted molar refractivity (Wildman–Crippen MR) is 174 cm³/mol. The number of nitrogens with zero attached hydrogens (tertiary/aromatic N) is 2. The van der Waals surface area contributed by atoms with Crippen molar-refractivity contribution in [2.24, 2.45) is 56.5 Å². The number of benzene rings is 1. The second-order valence-corrected chi connectivity index (χ2v) is 14.9. The maximum Gasteiger partial charge on any atom is 0.305 e. The SMILES string of the molecule is COC(=O)CC[C@@H](C)[C@H]1CC[C@H]2[C@@H]3C(=O)C[C@@H]4C/C(=N/NC(=S)N/N=C/c5ccccc5Br)CC[C@]4(C)[C@H]3CC[C@]12C. The minimum absolute atomic E-state index is 0.120. The molecule has 4 aliphatic rings. The summed E-state index contributed by atoms with van der Waals surface area (Å²) in [5.74, 6) is 2.82. The van der Waals surface area contributed by atoms with Crippen molar-refractivity contribution < 1.29 is 14.3 Å². The van der Waals surface area contributed by atoms with Crippen molar-refractivity contribution >= 4 is 56.9 Å². The Morgan fingerprint density at radius 1 is 1.14 bits per heavy atom. The van der Waals surface area contributed by atoms with E-state index in [1.165, 1.54) is 20.0 Å². The number of hydrazone groups is 2. The molecule has 0 heterocycles. The number of fused-ring (bicyclic) bond motifs is 5. The minimum Gasteiger partial charge on any atom is -0.469 e. The lowest BCUT2D eigenvalue weighted by atomic mass is 9.44. The molecule has 1 aromatic rings. The van der Waals surface area contributed by atoms with Gasteiger partial charge in [-0.2, -0.15) is 10.2 Å². The first-order valence-corrected chi connectivity index (χ1v) is 16.8. The van der Waals surface area contributed by atoms with Crippen LogP contribution < -0.4 is 10.9 Å². The highest BCUT2D eigenvalue weighted by Crippen LogP contribution is 2.67. The predicted octanol–water partition coefficient (Wildman–Crippen LogP) is 7.03. The Bertz CT molecular complexity index is 1270. The molecule has 9 heteroatoms. The average Bonchev–Trinajstić information content (AvgIpc) is 3.33. The van der Waals surface area contributed by atoms with E-state index in [0.29, 0.717) is 53.3 Å². The van der Waals surface area contributed by atoms with Gasteiger partial charge in [0.05, 0.1) is 13.3 Å². The lowest BCUT2D eigenvalue weighted by Crippen LogP contribution is -2.57. The third kappa shape index (κ3) is 6.10. The topological polar surface area (TPSA) is 92.2 Å². The third-order valence-corrected chi connectivity index (χ3v) is 12.6. The molecular weight excluding hydrogens is 612 g/mol. The minimum atomic E-state index is -0.120. The number of Topliss-reactive ketones (excluding diaryl/α,β-unsaturated/α-hetero) is 1. The van der Waals surface area contributed by atoms with Gasteiger partial charge in [-0.05, 0) is 110 Å². The molecule has 0 amide bonds. The Labute approximate surface area is 264 Å². The summed E-state index contributed by atoms with van der Waals surface area (Å²) in [7, 11) is 1.47. The van der Waals surface area contributed by atoms with E-state index in [1.807, 2.05) is 24.3 Å². The van der Waals surface area contributed by atoms with Crippen LogP contribution in [0.15, 0.2) is 38.9 Å². The maximum atomic E-state index is 13.9. The summed E-state index contributed by atoms with van der Waals surface area (Å²) < 4.78 is 5.86. The molecule has 0 aliphatic heterocycles. The summed E-state index contributed by atoms with van der Waals surface area (Å²) >= 11 is 8.90. The highest BCUT2D eigenvalue weighted by atomic mass is 79.9. The van der Waals surface area contributed by atoms with E-state index < -0.39 is 0 Å². The van der Waals surface area contributed by atoms with Gasteiger partial charge >= 0.3 is 5.97 Å². The fraction of sp³-hybridized carbons (Fsp3) is 0.667. The number of ketones is 1. The molecule has 0 bridgehead atoms. The van der Waals surface area contributed by atoms with Crippen LogP contribution in [0, 0.1) is 46.3 Å². The van der Waals surface area contributed by atoms with Gasteiger partial charge in [0.1, 0.15) is 5.78 Å². The number of hydrogen-bond acceptors (Lipinski definition) is 6. The second-order valence-electron chi connectivity index (χ2n) is 13.6. The fourth-order valence-electron chi connectivity index (χ4n) is 9.36. The first kappa shape index (κ1) is 31.3. The van der Waals surface area contributed by atoms with E-state index in [9.17, 15) is 9.59 Å². The van der Waals surface area contributed by atoms with Gasteiger partial charge in [0, 0.05) is 34.5 Å². The molecule has 42 heavy (non-hydrogen) atoms. The van der Waals surface area contributed by atoms with Crippen molar-refractivity contribution in [3.05, 3.63) is 34.3 Å². The number of rotatable bonds is 7. The van der Waals surface area contributed by atoms with E-state index in [-0.39, 0.29) is 22.7 Å². The van der Waals surface area contributed by atoms with Gasteiger partial charge in [0.2, 0.25) is 5.11 Å². The molecule has 2 N–H and O–H groups in total. The average molecular weight is 658 g/mol. The highest BCUT2D eigenvalue weighted by Gasteiger charge is 2.62. The van der Waals surface area contributed by atoms with Crippen molar-refractivity contribution in [3.8, 4) is 0 Å². The van der Waals surface area contributed by atoms with Crippen LogP contribution in [0.3, 0.4) is 0 Å². The molecule has 0 saturated heterocycles. The molecule has 4 aliphatic carbocycles. The number of carbonyl (C=O) groups excluding carboxylic acids is 2. The van der Waals surface area contributed by atoms with Crippen molar-refractivity contribution in [3.63, 3.8) is 0 Å². The zero-order valence-corrected chi connectivity index (χ0v) is 27.7. The van der Waals surface area contributed by atoms with Crippen LogP contribution in [0.1, 0.15) is 90.5 Å². The van der Waals surface area contributed by atoms with E-state index in [2.05, 4.69) is 57.8 Å². The first-order valence-electron chi connectivity index (χ1n) is 15.6. The number of hydrogen-bond donors (Lipinski definition) is 2. The number of methoxy groups -OCH3 is 1. The van der Waals surface area contributed by atoms with E-state index in [0.717, 1.165) is 54.3 Å². The van der Waals surface area contributed by atoms with Crippen molar-refractivity contribution in [1.82, 2.24) is 10.9 Å². The van der Waals surface area contributed by atoms with Crippen LogP contribution in [0.25, 0.3) is 0 Å². The first-order chi connectivity index (χ1) is 20.1. The second kappa shape index (κ2) is 12.8. The number of halogens is 1. The normalized spacial score (nSPS) is 35.7. The zero-order valence-electron chi connectivity index (χ0n) is 25.3. The molecule has 8 atom stereocenters. The molecule has 5 rings (SSSR count). The third-order valence-electron chi connectivity index (χ3n) is 11.7. The molecule has 0 aromatic heterocycles. The van der Waals surface area contributed by atoms with Crippen molar-refractivity contribution in [2.45, 2.75) is 85.0 Å². The summed E-state index contributed by atoms with van der Waals surface area (Å²) in [4.78, 5) is 25.7. The summed E-state index contributed by atoms with van der Waals surface area (Å²) in [6.07, 6.45) is 11.2. The molecule has 0 radical (unpaired) electrons. The number of carbonyl (C=O) groups is 2. The zero-order chi connectivity index (χ0) is 30.1. The van der Waals surface area contributed by atoms with Gasteiger partial charge in [-0.25, -0.2) is 0 Å². The Balaban J connectivity index is 1.20.